The number of aromatic nitrogens is 3. The smallest absolute Gasteiger partial charge is 0.262 e. The van der Waals surface area contributed by atoms with Crippen LogP contribution in [0.2, 0.25) is 5.02 Å². The van der Waals surface area contributed by atoms with Crippen molar-refractivity contribution in [1.29, 1.82) is 0 Å². The minimum atomic E-state index is -0.724. The number of aliphatic hydroxyl groups excluding tert-OH is 1. The highest BCUT2D eigenvalue weighted by Gasteiger charge is 2.18. The zero-order valence-corrected chi connectivity index (χ0v) is 17.8. The standard InChI is InChI=1S/C20H22ClN3O3S/c1-11-7-16(13(3)23(11)4)18(26)10-28-20-22-17-8-14(21)5-6-15(17)19(27)24(20)9-12(2)25/h5-8,12,25H,9-10H2,1-4H3/t12-/m0/s1. The number of thioether (sulfide) groups is 1. The molecule has 28 heavy (non-hydrogen) atoms. The second-order valence-corrected chi connectivity index (χ2v) is 8.26. The topological polar surface area (TPSA) is 77.1 Å². The second-order valence-electron chi connectivity index (χ2n) is 6.88. The van der Waals surface area contributed by atoms with Crippen LogP contribution in [0, 0.1) is 13.8 Å². The molecule has 0 unspecified atom stereocenters. The van der Waals surface area contributed by atoms with Gasteiger partial charge in [-0.1, -0.05) is 23.4 Å². The molecule has 0 saturated heterocycles. The molecule has 148 valence electrons. The highest BCUT2D eigenvalue weighted by molar-refractivity contribution is 7.99. The molecule has 2 aromatic heterocycles. The van der Waals surface area contributed by atoms with Crippen LogP contribution in [0.15, 0.2) is 34.2 Å². The van der Waals surface area contributed by atoms with Gasteiger partial charge in [0.25, 0.3) is 5.56 Å². The van der Waals surface area contributed by atoms with E-state index in [1.165, 1.54) is 16.3 Å². The van der Waals surface area contributed by atoms with E-state index in [9.17, 15) is 14.7 Å². The van der Waals surface area contributed by atoms with Gasteiger partial charge in [-0.15, -0.1) is 0 Å². The van der Waals surface area contributed by atoms with Gasteiger partial charge in [0.05, 0.1) is 29.3 Å². The molecule has 6 nitrogen and oxygen atoms in total. The number of nitrogens with zero attached hydrogens (tertiary/aromatic N) is 3. The van der Waals surface area contributed by atoms with E-state index in [4.69, 9.17) is 11.6 Å². The van der Waals surface area contributed by atoms with Gasteiger partial charge >= 0.3 is 0 Å². The van der Waals surface area contributed by atoms with Gasteiger partial charge in [-0.25, -0.2) is 4.98 Å². The SMILES string of the molecule is Cc1cc(C(=O)CSc2nc3cc(Cl)ccc3c(=O)n2C[C@H](C)O)c(C)n1C. The van der Waals surface area contributed by atoms with Crippen molar-refractivity contribution in [3.8, 4) is 0 Å². The summed E-state index contributed by atoms with van der Waals surface area (Å²) >= 11 is 7.23. The van der Waals surface area contributed by atoms with Crippen LogP contribution in [-0.2, 0) is 13.6 Å². The summed E-state index contributed by atoms with van der Waals surface area (Å²) in [6.07, 6.45) is -0.724. The van der Waals surface area contributed by atoms with E-state index in [1.54, 1.807) is 25.1 Å². The third kappa shape index (κ3) is 4.01. The molecule has 0 saturated carbocycles. The fourth-order valence-electron chi connectivity index (χ4n) is 3.05. The Labute approximate surface area is 172 Å². The first-order valence-corrected chi connectivity index (χ1v) is 10.2. The van der Waals surface area contributed by atoms with Crippen molar-refractivity contribution in [3.05, 3.63) is 56.6 Å². The summed E-state index contributed by atoms with van der Waals surface area (Å²) in [7, 11) is 1.92. The molecular formula is C20H22ClN3O3S. The average molecular weight is 420 g/mol. The van der Waals surface area contributed by atoms with Gasteiger partial charge in [0, 0.05) is 29.0 Å². The van der Waals surface area contributed by atoms with E-state index in [1.807, 2.05) is 31.5 Å². The lowest BCUT2D eigenvalue weighted by Crippen LogP contribution is -2.28. The Bertz CT molecular complexity index is 1120. The zero-order valence-electron chi connectivity index (χ0n) is 16.2. The van der Waals surface area contributed by atoms with Crippen molar-refractivity contribution in [2.45, 2.75) is 38.6 Å². The molecule has 3 aromatic rings. The van der Waals surface area contributed by atoms with Crippen molar-refractivity contribution in [1.82, 2.24) is 14.1 Å². The van der Waals surface area contributed by atoms with Crippen LogP contribution in [0.5, 0.6) is 0 Å². The maximum atomic E-state index is 12.9. The maximum Gasteiger partial charge on any atom is 0.262 e. The Morgan fingerprint density at radius 2 is 2.04 bits per heavy atom. The average Bonchev–Trinajstić information content (AvgIpc) is 2.89. The first kappa shape index (κ1) is 20.6. The predicted octanol–water partition coefficient (Wildman–Crippen LogP) is 3.36. The molecule has 0 bridgehead atoms. The number of benzene rings is 1. The Morgan fingerprint density at radius 3 is 2.64 bits per heavy atom. The fourth-order valence-corrected chi connectivity index (χ4v) is 4.11. The molecule has 0 aliphatic heterocycles. The van der Waals surface area contributed by atoms with Crippen LogP contribution in [0.1, 0.15) is 28.7 Å². The number of ketones is 1. The summed E-state index contributed by atoms with van der Waals surface area (Å²) in [6.45, 7) is 5.56. The normalized spacial score (nSPS) is 12.5. The van der Waals surface area contributed by atoms with Gasteiger partial charge in [-0.3, -0.25) is 14.2 Å². The third-order valence-electron chi connectivity index (χ3n) is 4.74. The molecule has 0 fully saturated rings. The van der Waals surface area contributed by atoms with E-state index in [-0.39, 0.29) is 23.6 Å². The highest BCUT2D eigenvalue weighted by Crippen LogP contribution is 2.23. The summed E-state index contributed by atoms with van der Waals surface area (Å²) in [4.78, 5) is 30.1. The summed E-state index contributed by atoms with van der Waals surface area (Å²) in [5.74, 6) is 0.109. The molecule has 8 heteroatoms. The van der Waals surface area contributed by atoms with Crippen LogP contribution >= 0.6 is 23.4 Å². The predicted molar refractivity (Wildman–Crippen MR) is 113 cm³/mol. The third-order valence-corrected chi connectivity index (χ3v) is 5.95. The number of hydrogen-bond donors (Lipinski definition) is 1. The van der Waals surface area contributed by atoms with Crippen molar-refractivity contribution in [2.75, 3.05) is 5.75 Å². The van der Waals surface area contributed by atoms with Crippen LogP contribution < -0.4 is 5.56 Å². The molecule has 2 heterocycles. The van der Waals surface area contributed by atoms with Crippen molar-refractivity contribution in [3.63, 3.8) is 0 Å². The number of rotatable bonds is 6. The number of Topliss-reactive ketones (excluding diaryl/α,β-unsaturated/α-hetero) is 1. The number of halogens is 1. The number of aliphatic hydroxyl groups is 1. The molecule has 1 N–H and O–H groups in total. The van der Waals surface area contributed by atoms with Crippen LogP contribution in [0.4, 0.5) is 0 Å². The van der Waals surface area contributed by atoms with Crippen LogP contribution in [0.25, 0.3) is 10.9 Å². The lowest BCUT2D eigenvalue weighted by atomic mass is 10.2. The van der Waals surface area contributed by atoms with E-state index in [2.05, 4.69) is 4.98 Å². The van der Waals surface area contributed by atoms with E-state index in [0.717, 1.165) is 11.4 Å². The van der Waals surface area contributed by atoms with Gasteiger partial charge in [0.15, 0.2) is 10.9 Å². The lowest BCUT2D eigenvalue weighted by Gasteiger charge is -2.14. The molecular weight excluding hydrogens is 398 g/mol. The lowest BCUT2D eigenvalue weighted by molar-refractivity contribution is 0.102. The summed E-state index contributed by atoms with van der Waals surface area (Å²) in [5, 5.41) is 11.1. The molecule has 1 aromatic carbocycles. The van der Waals surface area contributed by atoms with E-state index in [0.29, 0.717) is 26.6 Å². The Hall–Kier alpha value is -2.09. The number of fused-ring (bicyclic) bond motifs is 1. The first-order valence-electron chi connectivity index (χ1n) is 8.86. The first-order chi connectivity index (χ1) is 13.2. The highest BCUT2D eigenvalue weighted by atomic mass is 35.5. The number of carbonyl (C=O) groups excluding carboxylic acids is 1. The summed E-state index contributed by atoms with van der Waals surface area (Å²) in [6, 6.07) is 6.76. The molecule has 1 atom stereocenters. The van der Waals surface area contributed by atoms with Gasteiger partial charge in [-0.2, -0.15) is 0 Å². The molecule has 3 rings (SSSR count). The molecule has 0 amide bonds. The largest absolute Gasteiger partial charge is 0.392 e. The molecule has 0 radical (unpaired) electrons. The minimum absolute atomic E-state index is 0.0322. The van der Waals surface area contributed by atoms with E-state index >= 15 is 0 Å². The minimum Gasteiger partial charge on any atom is -0.392 e. The van der Waals surface area contributed by atoms with Crippen molar-refractivity contribution >= 4 is 40.0 Å². The second kappa shape index (κ2) is 8.11. The molecule has 0 aliphatic rings. The maximum absolute atomic E-state index is 12.9. The summed E-state index contributed by atoms with van der Waals surface area (Å²) in [5.41, 5.74) is 2.80. The van der Waals surface area contributed by atoms with Gasteiger partial charge < -0.3 is 9.67 Å². The van der Waals surface area contributed by atoms with Gasteiger partial charge in [0.1, 0.15) is 0 Å². The van der Waals surface area contributed by atoms with E-state index < -0.39 is 6.10 Å². The number of aryl methyl sites for hydroxylation is 1. The number of hydrogen-bond acceptors (Lipinski definition) is 5. The Morgan fingerprint density at radius 1 is 1.32 bits per heavy atom. The summed E-state index contributed by atoms with van der Waals surface area (Å²) < 4.78 is 3.39. The van der Waals surface area contributed by atoms with Crippen LogP contribution in [0.3, 0.4) is 0 Å². The quantitative estimate of drug-likeness (QED) is 0.376. The van der Waals surface area contributed by atoms with Crippen molar-refractivity contribution < 1.29 is 9.90 Å². The van der Waals surface area contributed by atoms with Crippen LogP contribution in [-0.4, -0.2) is 36.9 Å². The zero-order chi connectivity index (χ0) is 20.6. The van der Waals surface area contributed by atoms with Crippen molar-refractivity contribution in [2.24, 2.45) is 7.05 Å². The van der Waals surface area contributed by atoms with Gasteiger partial charge in [-0.05, 0) is 45.0 Å². The Balaban J connectivity index is 1.97. The monoisotopic (exact) mass is 419 g/mol. The van der Waals surface area contributed by atoms with Gasteiger partial charge in [0.2, 0.25) is 0 Å². The molecule has 0 aliphatic carbocycles. The number of carbonyl (C=O) groups is 1. The fraction of sp³-hybridized carbons (Fsp3) is 0.350. The Kier molecular flexibility index (Phi) is 5.98. The molecule has 0 spiro atoms.